The van der Waals surface area contributed by atoms with E-state index in [0.717, 1.165) is 36.4 Å². The second kappa shape index (κ2) is 10.3. The summed E-state index contributed by atoms with van der Waals surface area (Å²) in [6, 6.07) is 12.9. The van der Waals surface area contributed by atoms with Crippen LogP contribution < -0.4 is 10.2 Å². The summed E-state index contributed by atoms with van der Waals surface area (Å²) in [6.07, 6.45) is 2.67. The number of carboxylic acids is 1. The molecule has 5 fully saturated rings. The van der Waals surface area contributed by atoms with E-state index in [1.54, 1.807) is 0 Å². The van der Waals surface area contributed by atoms with Crippen LogP contribution in [0.25, 0.3) is 5.65 Å². The number of aromatic nitrogens is 6. The zero-order valence-electron chi connectivity index (χ0n) is 26.2. The number of ether oxygens (including phenoxy) is 2. The fraction of sp³-hybridized carbons (Fsp3) is 0.515. The number of aromatic amines is 1. The molecule has 3 N–H and O–H groups in total. The predicted octanol–water partition coefficient (Wildman–Crippen LogP) is 2.78. The van der Waals surface area contributed by atoms with Crippen LogP contribution in [-0.2, 0) is 30.1 Å². The van der Waals surface area contributed by atoms with Crippen molar-refractivity contribution in [1.82, 2.24) is 35.1 Å². The Morgan fingerprint density at radius 1 is 1.15 bits per heavy atom. The van der Waals surface area contributed by atoms with Gasteiger partial charge in [0.25, 0.3) is 0 Å². The van der Waals surface area contributed by atoms with Gasteiger partial charge >= 0.3 is 5.97 Å². The van der Waals surface area contributed by atoms with Crippen LogP contribution in [0.5, 0.6) is 0 Å². The van der Waals surface area contributed by atoms with Gasteiger partial charge in [-0.2, -0.15) is 5.10 Å². The molecule has 4 aromatic rings. The van der Waals surface area contributed by atoms with E-state index in [1.165, 1.54) is 5.56 Å². The molecule has 6 atom stereocenters. The van der Waals surface area contributed by atoms with Crippen LogP contribution in [0, 0.1) is 19.3 Å². The van der Waals surface area contributed by atoms with Crippen LogP contribution in [0.2, 0.25) is 0 Å². The van der Waals surface area contributed by atoms with Crippen molar-refractivity contribution in [3.05, 3.63) is 71.2 Å². The van der Waals surface area contributed by atoms with Gasteiger partial charge in [-0.05, 0) is 56.7 Å². The number of benzene rings is 1. The summed E-state index contributed by atoms with van der Waals surface area (Å²) in [5.41, 5.74) is 3.03. The van der Waals surface area contributed by atoms with E-state index in [4.69, 9.17) is 19.6 Å². The summed E-state index contributed by atoms with van der Waals surface area (Å²) in [5.74, 6) is 0.225. The second-order valence-corrected chi connectivity index (χ2v) is 13.9. The van der Waals surface area contributed by atoms with E-state index < -0.39 is 29.2 Å². The molecule has 0 spiro atoms. The zero-order chi connectivity index (χ0) is 31.8. The Bertz CT molecular complexity index is 1840. The first kappa shape index (κ1) is 29.1. The monoisotopic (exact) mass is 626 g/mol. The maximum Gasteiger partial charge on any atom is 0.332 e. The van der Waals surface area contributed by atoms with E-state index in [-0.39, 0.29) is 17.2 Å². The molecule has 13 heteroatoms. The van der Waals surface area contributed by atoms with Gasteiger partial charge in [0.1, 0.15) is 17.5 Å². The number of amides is 1. The highest BCUT2D eigenvalue weighted by Crippen LogP contribution is 2.70. The Morgan fingerprint density at radius 3 is 2.70 bits per heavy atom. The number of hydrogen-bond donors (Lipinski definition) is 3. The number of carboxylic acid groups (broad SMARTS) is 1. The van der Waals surface area contributed by atoms with Crippen molar-refractivity contribution < 1.29 is 24.2 Å². The van der Waals surface area contributed by atoms with E-state index in [1.807, 2.05) is 11.4 Å². The van der Waals surface area contributed by atoms with Crippen LogP contribution in [0.1, 0.15) is 67.1 Å². The highest BCUT2D eigenvalue weighted by Gasteiger charge is 2.74. The number of aliphatic carboxylic acids is 1. The van der Waals surface area contributed by atoms with Crippen molar-refractivity contribution in [2.24, 2.45) is 5.41 Å². The largest absolute Gasteiger partial charge is 0.479 e. The van der Waals surface area contributed by atoms with Crippen LogP contribution in [0.3, 0.4) is 0 Å². The first-order valence-electron chi connectivity index (χ1n) is 16.0. The van der Waals surface area contributed by atoms with Gasteiger partial charge in [0.2, 0.25) is 5.91 Å². The van der Waals surface area contributed by atoms with Crippen molar-refractivity contribution in [3.8, 4) is 0 Å². The Morgan fingerprint density at radius 2 is 1.96 bits per heavy atom. The lowest BCUT2D eigenvalue weighted by molar-refractivity contribution is -0.152. The minimum absolute atomic E-state index is 0.0722. The van der Waals surface area contributed by atoms with E-state index >= 15 is 0 Å². The van der Waals surface area contributed by atoms with Crippen LogP contribution in [-0.4, -0.2) is 85.2 Å². The number of rotatable bonds is 8. The molecule has 1 aromatic carbocycles. The first-order valence-corrected chi connectivity index (χ1v) is 16.0. The maximum absolute atomic E-state index is 13.0. The summed E-state index contributed by atoms with van der Waals surface area (Å²) >= 11 is 0. The van der Waals surface area contributed by atoms with Crippen molar-refractivity contribution in [2.45, 2.75) is 75.6 Å². The highest BCUT2D eigenvalue weighted by atomic mass is 16.5. The maximum atomic E-state index is 13.0. The Labute approximate surface area is 265 Å². The average molecular weight is 627 g/mol. The fourth-order valence-corrected chi connectivity index (χ4v) is 8.22. The van der Waals surface area contributed by atoms with E-state index in [9.17, 15) is 14.7 Å². The second-order valence-electron chi connectivity index (χ2n) is 13.9. The Balaban J connectivity index is 1.06. The number of carbonyl (C=O) groups excluding carboxylic acids is 1. The smallest absolute Gasteiger partial charge is 0.332 e. The van der Waals surface area contributed by atoms with Crippen LogP contribution in [0.4, 0.5) is 5.69 Å². The number of pyridine rings is 1. The third-order valence-electron chi connectivity index (χ3n) is 10.7. The third-order valence-corrected chi connectivity index (χ3v) is 10.7. The topological polar surface area (TPSA) is 160 Å². The molecule has 4 aliphatic heterocycles. The number of fused-ring (bicyclic) bond motifs is 2. The molecular weight excluding hydrogens is 588 g/mol. The number of nitrogens with zero attached hydrogens (tertiary/aromatic N) is 6. The molecule has 4 saturated heterocycles. The number of anilines is 1. The van der Waals surface area contributed by atoms with E-state index in [2.05, 4.69) is 81.8 Å². The van der Waals surface area contributed by atoms with Crippen molar-refractivity contribution in [2.75, 3.05) is 31.1 Å². The van der Waals surface area contributed by atoms with Gasteiger partial charge in [-0.3, -0.25) is 9.89 Å². The molecule has 0 radical (unpaired) electrons. The number of carbonyl (C=O) groups is 2. The quantitative estimate of drug-likeness (QED) is 0.265. The van der Waals surface area contributed by atoms with Gasteiger partial charge < -0.3 is 24.8 Å². The zero-order valence-corrected chi connectivity index (χ0v) is 26.2. The molecule has 1 saturated carbocycles. The Hall–Kier alpha value is -4.36. The number of hydrogen-bond acceptors (Lipinski definition) is 9. The molecule has 13 nitrogen and oxygen atoms in total. The molecule has 3 aromatic heterocycles. The van der Waals surface area contributed by atoms with Crippen molar-refractivity contribution >= 4 is 23.2 Å². The number of H-pyrrole nitrogens is 1. The molecule has 240 valence electrons. The van der Waals surface area contributed by atoms with E-state index in [0.29, 0.717) is 49.9 Å². The lowest BCUT2D eigenvalue weighted by Gasteiger charge is -2.49. The van der Waals surface area contributed by atoms with Gasteiger partial charge in [0.15, 0.2) is 23.4 Å². The standard InChI is InChI=1S/C33H38N8O5/c1-19-13-22(40-12-11-31(3,17-40)21-7-5-4-6-8-21)14-41-27(19)36-30(39-41)33-15-32(18-45-33,25(33)26-35-20(2)37-38-26)16-34-28(42)23-9-10-24(46-23)29(43)44/h4-8,13-14,23-25H,9-12,15-18H2,1-3H3,(H,34,42)(H,43,44)(H,35,37,38)/t23?,24?,25?,31-,32?,33?/m0/s1. The lowest BCUT2D eigenvalue weighted by Crippen LogP contribution is -2.57. The average Bonchev–Trinajstić information content (AvgIpc) is 3.87. The van der Waals surface area contributed by atoms with Gasteiger partial charge in [-0.1, -0.05) is 37.3 Å². The van der Waals surface area contributed by atoms with Gasteiger partial charge in [-0.15, -0.1) is 5.10 Å². The molecular formula is C33H38N8O5. The normalized spacial score (nSPS) is 31.8. The molecule has 5 aliphatic rings. The minimum atomic E-state index is -1.05. The lowest BCUT2D eigenvalue weighted by atomic mass is 9.53. The summed E-state index contributed by atoms with van der Waals surface area (Å²) in [4.78, 5) is 36.4. The molecule has 1 amide bonds. The predicted molar refractivity (Wildman–Crippen MR) is 165 cm³/mol. The molecule has 2 bridgehead atoms. The molecule has 46 heavy (non-hydrogen) atoms. The summed E-state index contributed by atoms with van der Waals surface area (Å²) < 4.78 is 13.9. The molecule has 7 heterocycles. The SMILES string of the molecule is Cc1nc(C2C3(CNC(=O)C4CCC(C(=O)O)O4)COC2(c2nc4c(C)cc(N5CC[C@](C)(c6ccccc6)C5)cn4n2)C3)n[nH]1. The van der Waals surface area contributed by atoms with Gasteiger partial charge in [0, 0.05) is 30.5 Å². The summed E-state index contributed by atoms with van der Waals surface area (Å²) in [6.45, 7) is 8.81. The Kier molecular flexibility index (Phi) is 6.53. The molecule has 9 rings (SSSR count). The van der Waals surface area contributed by atoms with Crippen LogP contribution >= 0.6 is 0 Å². The summed E-state index contributed by atoms with van der Waals surface area (Å²) in [5, 5.41) is 24.8. The van der Waals surface area contributed by atoms with Crippen molar-refractivity contribution in [3.63, 3.8) is 0 Å². The van der Waals surface area contributed by atoms with Crippen molar-refractivity contribution in [1.29, 1.82) is 0 Å². The minimum Gasteiger partial charge on any atom is -0.479 e. The van der Waals surface area contributed by atoms with Crippen LogP contribution in [0.15, 0.2) is 42.6 Å². The fourth-order valence-electron chi connectivity index (χ4n) is 8.22. The third kappa shape index (κ3) is 4.43. The summed E-state index contributed by atoms with van der Waals surface area (Å²) in [7, 11) is 0. The van der Waals surface area contributed by atoms with Gasteiger partial charge in [0.05, 0.1) is 24.4 Å². The van der Waals surface area contributed by atoms with Gasteiger partial charge in [-0.25, -0.2) is 19.3 Å². The molecule has 5 unspecified atom stereocenters. The molecule has 1 aliphatic carbocycles. The number of nitrogens with one attached hydrogen (secondary N) is 2. The number of aryl methyl sites for hydroxylation is 2. The highest BCUT2D eigenvalue weighted by molar-refractivity contribution is 5.82. The first-order chi connectivity index (χ1) is 22.1.